The van der Waals surface area contributed by atoms with Gasteiger partial charge in [-0.3, -0.25) is 9.10 Å². The first-order valence-electron chi connectivity index (χ1n) is 7.57. The van der Waals surface area contributed by atoms with E-state index in [1.807, 2.05) is 0 Å². The molecule has 5 nitrogen and oxygen atoms in total. The van der Waals surface area contributed by atoms with Gasteiger partial charge < -0.3 is 5.32 Å². The summed E-state index contributed by atoms with van der Waals surface area (Å²) in [5, 5.41) is 3.05. The second-order valence-corrected chi connectivity index (χ2v) is 7.91. The van der Waals surface area contributed by atoms with Crippen LogP contribution in [0.5, 0.6) is 0 Å². The van der Waals surface area contributed by atoms with Crippen molar-refractivity contribution < 1.29 is 22.0 Å². The van der Waals surface area contributed by atoms with Gasteiger partial charge >= 0.3 is 0 Å². The molecule has 0 aromatic heterocycles. The predicted molar refractivity (Wildman–Crippen MR) is 96.4 cm³/mol. The SMILES string of the molecule is CC(C(=O)NCc1ccccc1Cl)N(c1ccc(F)c(F)c1)S(C)(=O)=O. The third-order valence-corrected chi connectivity index (χ3v) is 5.27. The summed E-state index contributed by atoms with van der Waals surface area (Å²) in [6.07, 6.45) is 0.881. The maximum Gasteiger partial charge on any atom is 0.243 e. The lowest BCUT2D eigenvalue weighted by Gasteiger charge is -2.28. The van der Waals surface area contributed by atoms with Crippen LogP contribution in [0.3, 0.4) is 0 Å². The van der Waals surface area contributed by atoms with Gasteiger partial charge in [0.2, 0.25) is 15.9 Å². The second-order valence-electron chi connectivity index (χ2n) is 5.64. The first-order chi connectivity index (χ1) is 12.1. The Kier molecular flexibility index (Phi) is 6.20. The van der Waals surface area contributed by atoms with Crippen LogP contribution in [0.15, 0.2) is 42.5 Å². The van der Waals surface area contributed by atoms with Crippen LogP contribution in [0.25, 0.3) is 0 Å². The van der Waals surface area contributed by atoms with Gasteiger partial charge in [-0.15, -0.1) is 0 Å². The number of rotatable bonds is 6. The van der Waals surface area contributed by atoms with Crippen LogP contribution in [-0.2, 0) is 21.4 Å². The number of anilines is 1. The Morgan fingerprint density at radius 2 is 1.85 bits per heavy atom. The zero-order valence-electron chi connectivity index (χ0n) is 14.0. The van der Waals surface area contributed by atoms with E-state index in [1.54, 1.807) is 24.3 Å². The van der Waals surface area contributed by atoms with Crippen molar-refractivity contribution in [1.82, 2.24) is 5.32 Å². The Bertz CT molecular complexity index is 922. The molecule has 0 aliphatic carbocycles. The number of hydrogen-bond donors (Lipinski definition) is 1. The molecule has 0 aliphatic heterocycles. The van der Waals surface area contributed by atoms with Gasteiger partial charge in [0.25, 0.3) is 0 Å². The van der Waals surface area contributed by atoms with Crippen molar-refractivity contribution in [3.8, 4) is 0 Å². The van der Waals surface area contributed by atoms with Crippen molar-refractivity contribution in [3.05, 3.63) is 64.7 Å². The highest BCUT2D eigenvalue weighted by molar-refractivity contribution is 7.92. The molecule has 1 atom stereocenters. The molecule has 0 bridgehead atoms. The van der Waals surface area contributed by atoms with Gasteiger partial charge in [0.1, 0.15) is 6.04 Å². The van der Waals surface area contributed by atoms with Gasteiger partial charge in [0, 0.05) is 17.6 Å². The largest absolute Gasteiger partial charge is 0.350 e. The van der Waals surface area contributed by atoms with Gasteiger partial charge in [0.05, 0.1) is 11.9 Å². The van der Waals surface area contributed by atoms with Gasteiger partial charge in [-0.05, 0) is 30.7 Å². The van der Waals surface area contributed by atoms with E-state index in [4.69, 9.17) is 11.6 Å². The molecular weight excluding hydrogens is 386 g/mol. The zero-order chi connectivity index (χ0) is 19.5. The van der Waals surface area contributed by atoms with E-state index in [2.05, 4.69) is 5.32 Å². The van der Waals surface area contributed by atoms with Crippen LogP contribution < -0.4 is 9.62 Å². The standard InChI is InChI=1S/C17H17ClF2N2O3S/c1-11(17(23)21-10-12-5-3-4-6-14(12)18)22(26(2,24)25)13-7-8-15(19)16(20)9-13/h3-9,11H,10H2,1-2H3,(H,21,23). The zero-order valence-corrected chi connectivity index (χ0v) is 15.6. The van der Waals surface area contributed by atoms with E-state index < -0.39 is 33.6 Å². The Balaban J connectivity index is 2.23. The number of hydrogen-bond acceptors (Lipinski definition) is 3. The number of nitrogens with one attached hydrogen (secondary N) is 1. The third kappa shape index (κ3) is 4.70. The molecule has 1 unspecified atom stereocenters. The number of halogens is 3. The van der Waals surface area contributed by atoms with Gasteiger partial charge in [-0.1, -0.05) is 29.8 Å². The molecule has 2 aromatic carbocycles. The molecule has 2 aromatic rings. The summed E-state index contributed by atoms with van der Waals surface area (Å²) in [5.41, 5.74) is 0.514. The normalized spacial score (nSPS) is 12.5. The average molecular weight is 403 g/mol. The molecule has 26 heavy (non-hydrogen) atoms. The Morgan fingerprint density at radius 1 is 1.19 bits per heavy atom. The fourth-order valence-electron chi connectivity index (χ4n) is 2.40. The summed E-state index contributed by atoms with van der Waals surface area (Å²) in [5.74, 6) is -2.93. The number of carbonyl (C=O) groups is 1. The number of carbonyl (C=O) groups excluding carboxylic acids is 1. The minimum Gasteiger partial charge on any atom is -0.350 e. The topological polar surface area (TPSA) is 66.5 Å². The molecule has 2 rings (SSSR count). The van der Waals surface area contributed by atoms with Crippen molar-refractivity contribution >= 4 is 33.2 Å². The van der Waals surface area contributed by atoms with Crippen LogP contribution in [0.2, 0.25) is 5.02 Å². The van der Waals surface area contributed by atoms with Crippen molar-refractivity contribution in [2.45, 2.75) is 19.5 Å². The fourth-order valence-corrected chi connectivity index (χ4v) is 3.77. The maximum absolute atomic E-state index is 13.5. The summed E-state index contributed by atoms with van der Waals surface area (Å²) >= 11 is 6.02. The molecule has 1 N–H and O–H groups in total. The molecule has 0 spiro atoms. The molecule has 0 heterocycles. The molecule has 0 fully saturated rings. The smallest absolute Gasteiger partial charge is 0.243 e. The molecule has 0 saturated carbocycles. The molecule has 0 saturated heterocycles. The van der Waals surface area contributed by atoms with Crippen molar-refractivity contribution in [1.29, 1.82) is 0 Å². The van der Waals surface area contributed by atoms with Gasteiger partial charge in [-0.2, -0.15) is 0 Å². The van der Waals surface area contributed by atoms with E-state index in [1.165, 1.54) is 6.92 Å². The summed E-state index contributed by atoms with van der Waals surface area (Å²) in [4.78, 5) is 12.4. The van der Waals surface area contributed by atoms with E-state index in [9.17, 15) is 22.0 Å². The second kappa shape index (κ2) is 8.01. The van der Waals surface area contributed by atoms with Crippen LogP contribution in [0, 0.1) is 11.6 Å². The molecular formula is C17H17ClF2N2O3S. The van der Waals surface area contributed by atoms with Crippen molar-refractivity contribution in [3.63, 3.8) is 0 Å². The van der Waals surface area contributed by atoms with Crippen molar-refractivity contribution in [2.24, 2.45) is 0 Å². The lowest BCUT2D eigenvalue weighted by Crippen LogP contribution is -2.47. The summed E-state index contributed by atoms with van der Waals surface area (Å²) in [7, 11) is -3.93. The average Bonchev–Trinajstić information content (AvgIpc) is 2.56. The van der Waals surface area contributed by atoms with Crippen LogP contribution in [0.1, 0.15) is 12.5 Å². The summed E-state index contributed by atoms with van der Waals surface area (Å²) in [6, 6.07) is 8.32. The Hall–Kier alpha value is -2.19. The number of nitrogens with zero attached hydrogens (tertiary/aromatic N) is 1. The van der Waals surface area contributed by atoms with E-state index in [0.717, 1.165) is 28.8 Å². The highest BCUT2D eigenvalue weighted by Crippen LogP contribution is 2.23. The Labute approximate surface area is 155 Å². The number of amides is 1. The van der Waals surface area contributed by atoms with Crippen molar-refractivity contribution in [2.75, 3.05) is 10.6 Å². The first kappa shape index (κ1) is 20.1. The van der Waals surface area contributed by atoms with Gasteiger partial charge in [-0.25, -0.2) is 17.2 Å². The maximum atomic E-state index is 13.5. The first-order valence-corrected chi connectivity index (χ1v) is 9.79. The number of sulfonamides is 1. The minimum absolute atomic E-state index is 0.0955. The molecule has 0 radical (unpaired) electrons. The Morgan fingerprint density at radius 3 is 2.42 bits per heavy atom. The minimum atomic E-state index is -3.93. The summed E-state index contributed by atoms with van der Waals surface area (Å²) < 4.78 is 51.6. The predicted octanol–water partition coefficient (Wildman–Crippen LogP) is 3.09. The third-order valence-electron chi connectivity index (χ3n) is 3.66. The van der Waals surface area contributed by atoms with E-state index >= 15 is 0 Å². The van der Waals surface area contributed by atoms with Crippen LogP contribution in [-0.4, -0.2) is 26.6 Å². The monoisotopic (exact) mass is 402 g/mol. The quantitative estimate of drug-likeness (QED) is 0.807. The molecule has 9 heteroatoms. The number of benzene rings is 2. The lowest BCUT2D eigenvalue weighted by molar-refractivity contribution is -0.122. The van der Waals surface area contributed by atoms with Gasteiger partial charge in [0.15, 0.2) is 11.6 Å². The molecule has 140 valence electrons. The van der Waals surface area contributed by atoms with Crippen LogP contribution in [0.4, 0.5) is 14.5 Å². The molecule has 0 aliphatic rings. The van der Waals surface area contributed by atoms with E-state index in [0.29, 0.717) is 10.6 Å². The lowest BCUT2D eigenvalue weighted by atomic mass is 10.2. The summed E-state index contributed by atoms with van der Waals surface area (Å²) in [6.45, 7) is 1.45. The fraction of sp³-hybridized carbons (Fsp3) is 0.235. The highest BCUT2D eigenvalue weighted by atomic mass is 35.5. The van der Waals surface area contributed by atoms with E-state index in [-0.39, 0.29) is 12.2 Å². The van der Waals surface area contributed by atoms with Crippen LogP contribution >= 0.6 is 11.6 Å². The highest BCUT2D eigenvalue weighted by Gasteiger charge is 2.29. The molecule has 1 amide bonds.